The van der Waals surface area contributed by atoms with Crippen LogP contribution in [0.3, 0.4) is 0 Å². The number of nitrogens with zero attached hydrogens (tertiary/aromatic N) is 3. The van der Waals surface area contributed by atoms with E-state index in [4.69, 9.17) is 9.84 Å². The highest BCUT2D eigenvalue weighted by Crippen LogP contribution is 2.25. The van der Waals surface area contributed by atoms with E-state index >= 15 is 0 Å². The van der Waals surface area contributed by atoms with Crippen LogP contribution in [0.5, 0.6) is 5.88 Å². The number of piperidine rings is 1. The second kappa shape index (κ2) is 6.24. The molecule has 100 valence electrons. The Bertz CT molecular complexity index is 373. The molecule has 6 heteroatoms. The van der Waals surface area contributed by atoms with E-state index in [9.17, 15) is 0 Å². The molecule has 0 radical (unpaired) electrons. The summed E-state index contributed by atoms with van der Waals surface area (Å²) < 4.78 is 5.20. The molecule has 0 bridgehead atoms. The van der Waals surface area contributed by atoms with Gasteiger partial charge in [0, 0.05) is 25.8 Å². The topological polar surface area (TPSA) is 58.5 Å². The first kappa shape index (κ1) is 13.4. The third-order valence-corrected chi connectivity index (χ3v) is 3.80. The number of methoxy groups -OCH3 is 1. The van der Waals surface area contributed by atoms with Crippen LogP contribution < -0.4 is 9.64 Å². The summed E-state index contributed by atoms with van der Waals surface area (Å²) in [6, 6.07) is 1.87. The monoisotopic (exact) mass is 269 g/mol. The van der Waals surface area contributed by atoms with Crippen LogP contribution in [-0.4, -0.2) is 48.1 Å². The standard InChI is InChI=1S/C12H19N3O2S/c1-17-11-7-10(13-12(14-11)18-2)15-5-3-9(8-16)4-6-15/h7,9,16H,3-6,8H2,1-2H3. The second-order valence-corrected chi connectivity index (χ2v) is 5.14. The largest absolute Gasteiger partial charge is 0.481 e. The number of rotatable bonds is 4. The van der Waals surface area contributed by atoms with E-state index in [-0.39, 0.29) is 6.61 Å². The van der Waals surface area contributed by atoms with Gasteiger partial charge in [-0.25, -0.2) is 4.98 Å². The van der Waals surface area contributed by atoms with E-state index < -0.39 is 0 Å². The number of aromatic nitrogens is 2. The number of aliphatic hydroxyl groups excluding tert-OH is 1. The number of aliphatic hydroxyl groups is 1. The molecule has 18 heavy (non-hydrogen) atoms. The Kier molecular flexibility index (Phi) is 4.66. The van der Waals surface area contributed by atoms with Crippen molar-refractivity contribution in [3.8, 4) is 5.88 Å². The van der Waals surface area contributed by atoms with Crippen LogP contribution >= 0.6 is 11.8 Å². The average molecular weight is 269 g/mol. The van der Waals surface area contributed by atoms with Gasteiger partial charge in [-0.05, 0) is 25.0 Å². The van der Waals surface area contributed by atoms with Gasteiger partial charge in [-0.2, -0.15) is 4.98 Å². The fourth-order valence-electron chi connectivity index (χ4n) is 2.09. The summed E-state index contributed by atoms with van der Waals surface area (Å²) in [7, 11) is 1.62. The van der Waals surface area contributed by atoms with Gasteiger partial charge < -0.3 is 14.7 Å². The van der Waals surface area contributed by atoms with Crippen molar-refractivity contribution in [2.24, 2.45) is 5.92 Å². The first-order chi connectivity index (χ1) is 8.76. The highest BCUT2D eigenvalue weighted by atomic mass is 32.2. The van der Waals surface area contributed by atoms with E-state index in [1.807, 2.05) is 12.3 Å². The highest BCUT2D eigenvalue weighted by molar-refractivity contribution is 7.98. The van der Waals surface area contributed by atoms with Gasteiger partial charge >= 0.3 is 0 Å². The molecule has 2 heterocycles. The molecular weight excluding hydrogens is 250 g/mol. The number of hydrogen-bond donors (Lipinski definition) is 1. The number of hydrogen-bond acceptors (Lipinski definition) is 6. The summed E-state index contributed by atoms with van der Waals surface area (Å²) >= 11 is 1.51. The molecule has 1 fully saturated rings. The molecule has 1 aliphatic heterocycles. The van der Waals surface area contributed by atoms with Gasteiger partial charge in [0.1, 0.15) is 5.82 Å². The summed E-state index contributed by atoms with van der Waals surface area (Å²) in [5, 5.41) is 9.87. The molecular formula is C12H19N3O2S. The van der Waals surface area contributed by atoms with Gasteiger partial charge in [0.15, 0.2) is 5.16 Å². The van der Waals surface area contributed by atoms with Crippen molar-refractivity contribution in [3.05, 3.63) is 6.07 Å². The van der Waals surface area contributed by atoms with Crippen LogP contribution in [0, 0.1) is 5.92 Å². The molecule has 2 rings (SSSR count). The number of anilines is 1. The van der Waals surface area contributed by atoms with Gasteiger partial charge in [0.25, 0.3) is 0 Å². The third kappa shape index (κ3) is 3.05. The Hall–Kier alpha value is -1.01. The third-order valence-electron chi connectivity index (χ3n) is 3.26. The molecule has 0 unspecified atom stereocenters. The van der Waals surface area contributed by atoms with Gasteiger partial charge in [0.2, 0.25) is 5.88 Å². The molecule has 0 amide bonds. The highest BCUT2D eigenvalue weighted by Gasteiger charge is 2.20. The van der Waals surface area contributed by atoms with Crippen LogP contribution in [0.15, 0.2) is 11.2 Å². The molecule has 1 saturated heterocycles. The predicted molar refractivity (Wildman–Crippen MR) is 72.4 cm³/mol. The van der Waals surface area contributed by atoms with E-state index in [1.165, 1.54) is 11.8 Å². The molecule has 0 aliphatic carbocycles. The first-order valence-electron chi connectivity index (χ1n) is 6.09. The second-order valence-electron chi connectivity index (χ2n) is 4.37. The zero-order valence-corrected chi connectivity index (χ0v) is 11.6. The van der Waals surface area contributed by atoms with Crippen molar-refractivity contribution in [3.63, 3.8) is 0 Å². The van der Waals surface area contributed by atoms with Crippen LogP contribution in [0.2, 0.25) is 0 Å². The Morgan fingerprint density at radius 2 is 2.17 bits per heavy atom. The van der Waals surface area contributed by atoms with Crippen LogP contribution in [0.4, 0.5) is 5.82 Å². The Labute approximate surface area is 112 Å². The zero-order chi connectivity index (χ0) is 13.0. The SMILES string of the molecule is COc1cc(N2CCC(CO)CC2)nc(SC)n1. The van der Waals surface area contributed by atoms with Crippen LogP contribution in [-0.2, 0) is 0 Å². The summed E-state index contributed by atoms with van der Waals surface area (Å²) in [6.45, 7) is 2.15. The molecule has 1 aromatic heterocycles. The predicted octanol–water partition coefficient (Wildman–Crippen LogP) is 1.42. The lowest BCUT2D eigenvalue weighted by molar-refractivity contribution is 0.202. The maximum Gasteiger partial charge on any atom is 0.219 e. The van der Waals surface area contributed by atoms with Crippen molar-refractivity contribution in [2.45, 2.75) is 18.0 Å². The maximum atomic E-state index is 9.14. The molecule has 0 aromatic carbocycles. The smallest absolute Gasteiger partial charge is 0.219 e. The van der Waals surface area contributed by atoms with Crippen LogP contribution in [0.25, 0.3) is 0 Å². The van der Waals surface area contributed by atoms with Crippen molar-refractivity contribution in [1.29, 1.82) is 0 Å². The van der Waals surface area contributed by atoms with E-state index in [0.717, 1.165) is 36.9 Å². The minimum absolute atomic E-state index is 0.289. The minimum Gasteiger partial charge on any atom is -0.481 e. The lowest BCUT2D eigenvalue weighted by atomic mass is 9.98. The molecule has 0 atom stereocenters. The first-order valence-corrected chi connectivity index (χ1v) is 7.32. The quantitative estimate of drug-likeness (QED) is 0.659. The van der Waals surface area contributed by atoms with Gasteiger partial charge in [0.05, 0.1) is 7.11 Å². The average Bonchev–Trinajstić information content (AvgIpc) is 2.46. The fraction of sp³-hybridized carbons (Fsp3) is 0.667. The van der Waals surface area contributed by atoms with E-state index in [1.54, 1.807) is 7.11 Å². The van der Waals surface area contributed by atoms with Gasteiger partial charge in [-0.15, -0.1) is 0 Å². The minimum atomic E-state index is 0.289. The summed E-state index contributed by atoms with van der Waals surface area (Å²) in [4.78, 5) is 11.0. The number of thioether (sulfide) groups is 1. The molecule has 5 nitrogen and oxygen atoms in total. The number of ether oxygens (including phenoxy) is 1. The molecule has 1 aliphatic rings. The van der Waals surface area contributed by atoms with Gasteiger partial charge in [-0.1, -0.05) is 11.8 Å². The lowest BCUT2D eigenvalue weighted by Gasteiger charge is -2.32. The molecule has 0 spiro atoms. The lowest BCUT2D eigenvalue weighted by Crippen LogP contribution is -2.35. The van der Waals surface area contributed by atoms with Crippen LogP contribution in [0.1, 0.15) is 12.8 Å². The Morgan fingerprint density at radius 3 is 2.72 bits per heavy atom. The normalized spacial score (nSPS) is 16.9. The summed E-state index contributed by atoms with van der Waals surface area (Å²) in [5.74, 6) is 1.96. The zero-order valence-electron chi connectivity index (χ0n) is 10.8. The van der Waals surface area contributed by atoms with Gasteiger partial charge in [-0.3, -0.25) is 0 Å². The maximum absolute atomic E-state index is 9.14. The van der Waals surface area contributed by atoms with E-state index in [2.05, 4.69) is 14.9 Å². The molecule has 0 saturated carbocycles. The molecule has 1 aromatic rings. The fourth-order valence-corrected chi connectivity index (χ4v) is 2.46. The van der Waals surface area contributed by atoms with Crippen molar-refractivity contribution >= 4 is 17.6 Å². The Morgan fingerprint density at radius 1 is 1.44 bits per heavy atom. The Balaban J connectivity index is 2.13. The molecule has 1 N–H and O–H groups in total. The van der Waals surface area contributed by atoms with Crippen molar-refractivity contribution in [1.82, 2.24) is 9.97 Å². The summed E-state index contributed by atoms with van der Waals surface area (Å²) in [5.41, 5.74) is 0. The van der Waals surface area contributed by atoms with Crippen molar-refractivity contribution < 1.29 is 9.84 Å². The summed E-state index contributed by atoms with van der Waals surface area (Å²) in [6.07, 6.45) is 3.98. The van der Waals surface area contributed by atoms with Crippen molar-refractivity contribution in [2.75, 3.05) is 38.0 Å². The van der Waals surface area contributed by atoms with E-state index in [0.29, 0.717) is 11.8 Å².